The lowest BCUT2D eigenvalue weighted by molar-refractivity contribution is -0.384. The fraction of sp³-hybridized carbons (Fsp3) is 0.154. The van der Waals surface area contributed by atoms with Crippen molar-refractivity contribution < 1.29 is 18.9 Å². The van der Waals surface area contributed by atoms with Crippen LogP contribution in [0, 0.1) is 10.1 Å². The number of methoxy groups -OCH3 is 1. The third-order valence-electron chi connectivity index (χ3n) is 6.07. The smallest absolute Gasteiger partial charge is 0.290 e. The largest absolute Gasteiger partial charge is 0.497 e. The molecule has 4 aromatic rings. The number of nitro benzene ring substituents is 1. The van der Waals surface area contributed by atoms with Crippen molar-refractivity contribution in [3.05, 3.63) is 116 Å². The van der Waals surface area contributed by atoms with Crippen molar-refractivity contribution in [1.29, 1.82) is 0 Å². The fourth-order valence-electron chi connectivity index (χ4n) is 4.39. The molecule has 0 fully saturated rings. The first-order chi connectivity index (χ1) is 16.5. The Bertz CT molecular complexity index is 1480. The first kappa shape index (κ1) is 21.4. The van der Waals surface area contributed by atoms with Gasteiger partial charge in [-0.3, -0.25) is 19.7 Å². The number of non-ortho nitro benzene ring substituents is 1. The van der Waals surface area contributed by atoms with E-state index in [2.05, 4.69) is 0 Å². The summed E-state index contributed by atoms with van der Waals surface area (Å²) in [5.41, 5.74) is 1.58. The van der Waals surface area contributed by atoms with Gasteiger partial charge in [0.25, 0.3) is 11.6 Å². The van der Waals surface area contributed by atoms with Crippen molar-refractivity contribution in [3.8, 4) is 5.75 Å². The highest BCUT2D eigenvalue weighted by Crippen LogP contribution is 2.39. The standard InChI is InChI=1S/C26H20N2O6/c1-33-19-11-9-16(10-12-19)13-14-27-23(17-5-4-6-18(15-17)28(31)32)22-24(29)20-7-2-3-8-21(20)34-25(22)26(27)30/h2-12,15,23H,13-14H2,1H3. The number of amides is 1. The number of rotatable bonds is 6. The number of fused-ring (bicyclic) bond motifs is 2. The van der Waals surface area contributed by atoms with E-state index >= 15 is 0 Å². The summed E-state index contributed by atoms with van der Waals surface area (Å²) >= 11 is 0. The number of carbonyl (C=O) groups is 1. The third-order valence-corrected chi connectivity index (χ3v) is 6.07. The second-order valence-corrected chi connectivity index (χ2v) is 8.02. The average Bonchev–Trinajstić information content (AvgIpc) is 3.15. The van der Waals surface area contributed by atoms with E-state index in [0.717, 1.165) is 11.3 Å². The molecule has 2 heterocycles. The van der Waals surface area contributed by atoms with Gasteiger partial charge in [0.2, 0.25) is 5.76 Å². The zero-order valence-corrected chi connectivity index (χ0v) is 18.3. The summed E-state index contributed by atoms with van der Waals surface area (Å²) in [4.78, 5) is 39.4. The van der Waals surface area contributed by atoms with Gasteiger partial charge in [-0.25, -0.2) is 0 Å². The van der Waals surface area contributed by atoms with Crippen molar-refractivity contribution in [1.82, 2.24) is 4.90 Å². The lowest BCUT2D eigenvalue weighted by Crippen LogP contribution is -2.31. The van der Waals surface area contributed by atoms with Crippen LogP contribution in [0.25, 0.3) is 11.0 Å². The summed E-state index contributed by atoms with van der Waals surface area (Å²) in [5, 5.41) is 11.8. The zero-order chi connectivity index (χ0) is 23.8. The number of nitrogens with zero attached hydrogens (tertiary/aromatic N) is 2. The van der Waals surface area contributed by atoms with Crippen LogP contribution in [0.15, 0.2) is 82.0 Å². The van der Waals surface area contributed by atoms with E-state index in [9.17, 15) is 19.7 Å². The normalized spacial score (nSPS) is 14.9. The molecule has 5 rings (SSSR count). The van der Waals surface area contributed by atoms with E-state index in [0.29, 0.717) is 29.5 Å². The summed E-state index contributed by atoms with van der Waals surface area (Å²) in [6, 6.07) is 19.5. The Hall–Kier alpha value is -4.46. The first-order valence-corrected chi connectivity index (χ1v) is 10.7. The molecule has 3 aromatic carbocycles. The van der Waals surface area contributed by atoms with Gasteiger partial charge in [0.1, 0.15) is 11.3 Å². The minimum atomic E-state index is -0.790. The molecule has 0 aliphatic carbocycles. The summed E-state index contributed by atoms with van der Waals surface area (Å²) < 4.78 is 11.1. The Labute approximate surface area is 194 Å². The predicted molar refractivity (Wildman–Crippen MR) is 125 cm³/mol. The van der Waals surface area contributed by atoms with Gasteiger partial charge < -0.3 is 14.1 Å². The maximum atomic E-state index is 13.5. The molecule has 0 N–H and O–H groups in total. The van der Waals surface area contributed by atoms with Crippen molar-refractivity contribution in [2.24, 2.45) is 0 Å². The van der Waals surface area contributed by atoms with Gasteiger partial charge in [0, 0.05) is 18.7 Å². The minimum absolute atomic E-state index is 0.0186. The topological polar surface area (TPSA) is 103 Å². The molecule has 34 heavy (non-hydrogen) atoms. The number of para-hydroxylation sites is 1. The molecule has 0 saturated heterocycles. The highest BCUT2D eigenvalue weighted by atomic mass is 16.6. The number of ether oxygens (including phenoxy) is 1. The predicted octanol–water partition coefficient (Wildman–Crippen LogP) is 4.50. The second-order valence-electron chi connectivity index (χ2n) is 8.02. The molecule has 0 bridgehead atoms. The van der Waals surface area contributed by atoms with E-state index in [1.165, 1.54) is 12.1 Å². The molecule has 8 nitrogen and oxygen atoms in total. The zero-order valence-electron chi connectivity index (χ0n) is 18.3. The first-order valence-electron chi connectivity index (χ1n) is 10.7. The Balaban J connectivity index is 1.61. The van der Waals surface area contributed by atoms with Crippen LogP contribution in [0.4, 0.5) is 5.69 Å². The maximum Gasteiger partial charge on any atom is 0.290 e. The molecular weight excluding hydrogens is 436 g/mol. The molecular formula is C26H20N2O6. The van der Waals surface area contributed by atoms with Crippen LogP contribution in [0.2, 0.25) is 0 Å². The molecule has 1 atom stereocenters. The van der Waals surface area contributed by atoms with Gasteiger partial charge in [-0.1, -0.05) is 36.4 Å². The van der Waals surface area contributed by atoms with Gasteiger partial charge >= 0.3 is 0 Å². The number of carbonyl (C=O) groups excluding carboxylic acids is 1. The quantitative estimate of drug-likeness (QED) is 0.313. The maximum absolute atomic E-state index is 13.5. The van der Waals surface area contributed by atoms with Crippen molar-refractivity contribution in [2.75, 3.05) is 13.7 Å². The molecule has 1 aliphatic heterocycles. The molecule has 1 unspecified atom stereocenters. The van der Waals surface area contributed by atoms with Crippen LogP contribution >= 0.6 is 0 Å². The van der Waals surface area contributed by atoms with Gasteiger partial charge in [-0.2, -0.15) is 0 Å². The van der Waals surface area contributed by atoms with E-state index in [1.54, 1.807) is 48.4 Å². The summed E-state index contributed by atoms with van der Waals surface area (Å²) in [6.07, 6.45) is 0.517. The van der Waals surface area contributed by atoms with Crippen LogP contribution in [-0.2, 0) is 6.42 Å². The lowest BCUT2D eigenvalue weighted by atomic mass is 9.98. The van der Waals surface area contributed by atoms with Crippen molar-refractivity contribution >= 4 is 22.6 Å². The fourth-order valence-corrected chi connectivity index (χ4v) is 4.39. The molecule has 0 spiro atoms. The summed E-state index contributed by atoms with van der Waals surface area (Å²) in [6.45, 7) is 0.290. The molecule has 8 heteroatoms. The molecule has 1 aromatic heterocycles. The van der Waals surface area contributed by atoms with Crippen LogP contribution in [-0.4, -0.2) is 29.4 Å². The highest BCUT2D eigenvalue weighted by molar-refractivity contribution is 5.99. The Morgan fingerprint density at radius 3 is 2.53 bits per heavy atom. The van der Waals surface area contributed by atoms with Crippen LogP contribution in [0.5, 0.6) is 5.75 Å². The number of hydrogen-bond donors (Lipinski definition) is 0. The monoisotopic (exact) mass is 456 g/mol. The van der Waals surface area contributed by atoms with E-state index in [4.69, 9.17) is 9.15 Å². The Morgan fingerprint density at radius 2 is 1.79 bits per heavy atom. The van der Waals surface area contributed by atoms with Gasteiger partial charge in [-0.05, 0) is 41.8 Å². The Morgan fingerprint density at radius 1 is 1.03 bits per heavy atom. The van der Waals surface area contributed by atoms with Crippen molar-refractivity contribution in [2.45, 2.75) is 12.5 Å². The molecule has 0 saturated carbocycles. The van der Waals surface area contributed by atoms with E-state index in [-0.39, 0.29) is 22.4 Å². The van der Waals surface area contributed by atoms with Crippen molar-refractivity contribution in [3.63, 3.8) is 0 Å². The van der Waals surface area contributed by atoms with Gasteiger partial charge in [0.15, 0.2) is 5.43 Å². The second kappa shape index (κ2) is 8.47. The van der Waals surface area contributed by atoms with Crippen LogP contribution < -0.4 is 10.2 Å². The minimum Gasteiger partial charge on any atom is -0.497 e. The lowest BCUT2D eigenvalue weighted by Gasteiger charge is -2.25. The molecule has 1 aliphatic rings. The Kier molecular flexibility index (Phi) is 5.33. The van der Waals surface area contributed by atoms with Gasteiger partial charge in [0.05, 0.1) is 29.0 Å². The van der Waals surface area contributed by atoms with E-state index in [1.807, 2.05) is 24.3 Å². The molecule has 1 amide bonds. The average molecular weight is 456 g/mol. The summed E-state index contributed by atoms with van der Waals surface area (Å²) in [7, 11) is 1.59. The number of hydrogen-bond acceptors (Lipinski definition) is 6. The number of nitro groups is 1. The highest BCUT2D eigenvalue weighted by Gasteiger charge is 2.42. The molecule has 170 valence electrons. The molecule has 0 radical (unpaired) electrons. The van der Waals surface area contributed by atoms with Gasteiger partial charge in [-0.15, -0.1) is 0 Å². The number of benzene rings is 3. The summed E-state index contributed by atoms with van der Waals surface area (Å²) in [5.74, 6) is 0.294. The van der Waals surface area contributed by atoms with E-state index < -0.39 is 16.9 Å². The van der Waals surface area contributed by atoms with Crippen LogP contribution in [0.3, 0.4) is 0 Å². The third kappa shape index (κ3) is 3.59. The SMILES string of the molecule is COc1ccc(CCN2C(=O)c3oc4ccccc4c(=O)c3C2c2cccc([N+](=O)[O-])c2)cc1. The van der Waals surface area contributed by atoms with Crippen LogP contribution in [0.1, 0.15) is 33.3 Å².